The maximum atomic E-state index is 6.17. The maximum Gasteiger partial charge on any atom is 0.212 e. The molecule has 0 unspecified atom stereocenters. The quantitative estimate of drug-likeness (QED) is 0.755. The van der Waals surface area contributed by atoms with Gasteiger partial charge in [0.2, 0.25) is 5.89 Å². The van der Waals surface area contributed by atoms with Crippen LogP contribution in [0, 0.1) is 5.92 Å². The molecule has 3 aromatic rings. The van der Waals surface area contributed by atoms with E-state index >= 15 is 0 Å². The zero-order valence-corrected chi connectivity index (χ0v) is 13.1. The van der Waals surface area contributed by atoms with E-state index in [0.29, 0.717) is 11.8 Å². The van der Waals surface area contributed by atoms with E-state index in [-0.39, 0.29) is 6.04 Å². The molecule has 2 N–H and O–H groups in total. The summed E-state index contributed by atoms with van der Waals surface area (Å²) in [4.78, 5) is 4.58. The van der Waals surface area contributed by atoms with Gasteiger partial charge in [-0.15, -0.1) is 0 Å². The maximum absolute atomic E-state index is 6.17. The first-order valence-electron chi connectivity index (χ1n) is 7.80. The summed E-state index contributed by atoms with van der Waals surface area (Å²) in [5, 5.41) is 0. The Morgan fingerprint density at radius 2 is 1.82 bits per heavy atom. The Labute approximate surface area is 131 Å². The van der Waals surface area contributed by atoms with Crippen molar-refractivity contribution in [2.45, 2.75) is 32.7 Å². The van der Waals surface area contributed by atoms with Crippen LogP contribution in [-0.4, -0.2) is 4.98 Å². The van der Waals surface area contributed by atoms with Crippen molar-refractivity contribution < 1.29 is 4.42 Å². The van der Waals surface area contributed by atoms with Crippen LogP contribution in [0.4, 0.5) is 0 Å². The molecule has 0 radical (unpaired) electrons. The van der Waals surface area contributed by atoms with Crippen LogP contribution in [0.1, 0.15) is 43.3 Å². The number of oxazole rings is 1. The Morgan fingerprint density at radius 3 is 2.55 bits per heavy atom. The second kappa shape index (κ2) is 6.32. The van der Waals surface area contributed by atoms with Gasteiger partial charge in [0, 0.05) is 0 Å². The monoisotopic (exact) mass is 294 g/mol. The smallest absolute Gasteiger partial charge is 0.212 e. The molecule has 22 heavy (non-hydrogen) atoms. The number of aromatic nitrogens is 1. The number of rotatable bonds is 5. The SMILES string of the molecule is CC(C)C[C@@H](N)c1nc2cc(Cc3ccccc3)ccc2o1. The number of benzene rings is 2. The summed E-state index contributed by atoms with van der Waals surface area (Å²) in [5.74, 6) is 1.17. The molecule has 1 heterocycles. The molecule has 3 rings (SSSR count). The van der Waals surface area contributed by atoms with Crippen molar-refractivity contribution in [2.24, 2.45) is 11.7 Å². The van der Waals surface area contributed by atoms with Crippen molar-refractivity contribution in [3.8, 4) is 0 Å². The summed E-state index contributed by atoms with van der Waals surface area (Å²) in [6.45, 7) is 4.31. The number of hydrogen-bond donors (Lipinski definition) is 1. The largest absolute Gasteiger partial charge is 0.439 e. The molecule has 0 bridgehead atoms. The predicted octanol–water partition coefficient (Wildman–Crippen LogP) is 4.46. The summed E-state index contributed by atoms with van der Waals surface area (Å²) >= 11 is 0. The van der Waals surface area contributed by atoms with Gasteiger partial charge in [-0.05, 0) is 42.0 Å². The molecule has 0 aliphatic heterocycles. The average molecular weight is 294 g/mol. The third-order valence-electron chi connectivity index (χ3n) is 3.76. The van der Waals surface area contributed by atoms with Crippen molar-refractivity contribution in [3.63, 3.8) is 0 Å². The van der Waals surface area contributed by atoms with Gasteiger partial charge in [-0.2, -0.15) is 0 Å². The molecular weight excluding hydrogens is 272 g/mol. The Morgan fingerprint density at radius 1 is 1.05 bits per heavy atom. The third-order valence-corrected chi connectivity index (χ3v) is 3.76. The molecular formula is C19H22N2O. The highest BCUT2D eigenvalue weighted by Gasteiger charge is 2.15. The van der Waals surface area contributed by atoms with Gasteiger partial charge < -0.3 is 10.2 Å². The Bertz CT molecular complexity index is 746. The second-order valence-electron chi connectivity index (χ2n) is 6.25. The summed E-state index contributed by atoms with van der Waals surface area (Å²) in [6.07, 6.45) is 1.78. The molecule has 0 fully saturated rings. The van der Waals surface area contributed by atoms with Crippen LogP contribution in [0.15, 0.2) is 52.9 Å². The zero-order chi connectivity index (χ0) is 15.5. The lowest BCUT2D eigenvalue weighted by molar-refractivity contribution is 0.417. The van der Waals surface area contributed by atoms with Crippen LogP contribution in [-0.2, 0) is 6.42 Å². The van der Waals surface area contributed by atoms with Crippen LogP contribution < -0.4 is 5.73 Å². The summed E-state index contributed by atoms with van der Waals surface area (Å²) in [7, 11) is 0. The fourth-order valence-electron chi connectivity index (χ4n) is 2.70. The first-order chi connectivity index (χ1) is 10.6. The van der Waals surface area contributed by atoms with Gasteiger partial charge in [-0.1, -0.05) is 50.2 Å². The molecule has 3 heteroatoms. The van der Waals surface area contributed by atoms with E-state index in [1.165, 1.54) is 11.1 Å². The number of fused-ring (bicyclic) bond motifs is 1. The molecule has 0 saturated carbocycles. The van der Waals surface area contributed by atoms with Gasteiger partial charge in [-0.3, -0.25) is 0 Å². The Balaban J connectivity index is 1.84. The lowest BCUT2D eigenvalue weighted by Gasteiger charge is -2.09. The van der Waals surface area contributed by atoms with Gasteiger partial charge in [-0.25, -0.2) is 4.98 Å². The first kappa shape index (κ1) is 14.8. The summed E-state index contributed by atoms with van der Waals surface area (Å²) in [6, 6.07) is 16.5. The minimum Gasteiger partial charge on any atom is -0.439 e. The lowest BCUT2D eigenvalue weighted by Crippen LogP contribution is -2.13. The molecule has 0 saturated heterocycles. The number of nitrogens with zero attached hydrogens (tertiary/aromatic N) is 1. The molecule has 0 aliphatic rings. The van der Waals surface area contributed by atoms with Crippen molar-refractivity contribution in [2.75, 3.05) is 0 Å². The molecule has 0 spiro atoms. The molecule has 1 aromatic heterocycles. The zero-order valence-electron chi connectivity index (χ0n) is 13.1. The third kappa shape index (κ3) is 3.37. The summed E-state index contributed by atoms with van der Waals surface area (Å²) < 4.78 is 5.80. The minimum atomic E-state index is -0.134. The molecule has 3 nitrogen and oxygen atoms in total. The van der Waals surface area contributed by atoms with E-state index in [0.717, 1.165) is 23.9 Å². The van der Waals surface area contributed by atoms with Gasteiger partial charge in [0.25, 0.3) is 0 Å². The fourth-order valence-corrected chi connectivity index (χ4v) is 2.70. The van der Waals surface area contributed by atoms with Crippen molar-refractivity contribution in [3.05, 3.63) is 65.5 Å². The van der Waals surface area contributed by atoms with Gasteiger partial charge in [0.05, 0.1) is 6.04 Å². The number of hydrogen-bond acceptors (Lipinski definition) is 3. The van der Waals surface area contributed by atoms with Crippen molar-refractivity contribution >= 4 is 11.1 Å². The first-order valence-corrected chi connectivity index (χ1v) is 7.80. The predicted molar refractivity (Wildman–Crippen MR) is 89.6 cm³/mol. The molecule has 1 atom stereocenters. The van der Waals surface area contributed by atoms with Crippen LogP contribution in [0.5, 0.6) is 0 Å². The average Bonchev–Trinajstić information content (AvgIpc) is 2.91. The second-order valence-corrected chi connectivity index (χ2v) is 6.25. The van der Waals surface area contributed by atoms with Gasteiger partial charge >= 0.3 is 0 Å². The lowest BCUT2D eigenvalue weighted by atomic mass is 10.0. The molecule has 0 amide bonds. The van der Waals surface area contributed by atoms with E-state index in [2.05, 4.69) is 55.2 Å². The highest BCUT2D eigenvalue weighted by molar-refractivity contribution is 5.73. The molecule has 2 aromatic carbocycles. The minimum absolute atomic E-state index is 0.134. The van der Waals surface area contributed by atoms with E-state index in [4.69, 9.17) is 10.2 Å². The fraction of sp³-hybridized carbons (Fsp3) is 0.316. The Hall–Kier alpha value is -2.13. The van der Waals surface area contributed by atoms with Crippen LogP contribution in [0.2, 0.25) is 0 Å². The normalized spacial score (nSPS) is 12.9. The van der Waals surface area contributed by atoms with Crippen LogP contribution >= 0.6 is 0 Å². The van der Waals surface area contributed by atoms with Crippen LogP contribution in [0.25, 0.3) is 11.1 Å². The number of nitrogens with two attached hydrogens (primary N) is 1. The molecule has 114 valence electrons. The van der Waals surface area contributed by atoms with Crippen molar-refractivity contribution in [1.29, 1.82) is 0 Å². The topological polar surface area (TPSA) is 52.0 Å². The standard InChI is InChI=1S/C19H22N2O/c1-13(2)10-16(20)19-21-17-12-15(8-9-18(17)22-19)11-14-6-4-3-5-7-14/h3-9,12-13,16H,10-11,20H2,1-2H3/t16-/m1/s1. The van der Waals surface area contributed by atoms with Gasteiger partial charge in [0.15, 0.2) is 5.58 Å². The highest BCUT2D eigenvalue weighted by atomic mass is 16.3. The van der Waals surface area contributed by atoms with Gasteiger partial charge in [0.1, 0.15) is 5.52 Å². The molecule has 0 aliphatic carbocycles. The Kier molecular flexibility index (Phi) is 4.25. The highest BCUT2D eigenvalue weighted by Crippen LogP contribution is 2.24. The van der Waals surface area contributed by atoms with E-state index < -0.39 is 0 Å². The van der Waals surface area contributed by atoms with E-state index in [9.17, 15) is 0 Å². The van der Waals surface area contributed by atoms with E-state index in [1.54, 1.807) is 0 Å². The van der Waals surface area contributed by atoms with Crippen molar-refractivity contribution in [1.82, 2.24) is 4.98 Å². The summed E-state index contributed by atoms with van der Waals surface area (Å²) in [5.41, 5.74) is 10.4. The van der Waals surface area contributed by atoms with E-state index in [1.807, 2.05) is 12.1 Å². The van der Waals surface area contributed by atoms with Crippen LogP contribution in [0.3, 0.4) is 0 Å².